The second-order valence-electron chi connectivity index (χ2n) is 9.81. The maximum absolute atomic E-state index is 13.7. The molecule has 1 aromatic heterocycles. The summed E-state index contributed by atoms with van der Waals surface area (Å²) in [4.78, 5) is 18.8. The zero-order chi connectivity index (χ0) is 29.0. The Morgan fingerprint density at radius 1 is 1.02 bits per heavy atom. The van der Waals surface area contributed by atoms with Crippen molar-refractivity contribution in [3.63, 3.8) is 0 Å². The van der Waals surface area contributed by atoms with Crippen LogP contribution in [0.3, 0.4) is 0 Å². The quantitative estimate of drug-likeness (QED) is 0.329. The van der Waals surface area contributed by atoms with Crippen LogP contribution in [0.5, 0.6) is 0 Å². The number of hydrogen-bond donors (Lipinski definition) is 0. The SMILES string of the molecule is Cc1noc(C2=CC(=O)N3CC(O[C@H](C)c4cc(C(F)(F)F)cc(C(F)(F)F)c4)[C@@H](c4ccc(F)cc4)C3C2)n1. The lowest BCUT2D eigenvalue weighted by molar-refractivity contribution is -0.143. The molecule has 3 heterocycles. The van der Waals surface area contributed by atoms with Crippen LogP contribution in [-0.2, 0) is 21.9 Å². The average molecular weight is 569 g/mol. The first-order chi connectivity index (χ1) is 18.7. The minimum absolute atomic E-state index is 0.00755. The molecule has 0 spiro atoms. The average Bonchev–Trinajstić information content (AvgIpc) is 3.47. The van der Waals surface area contributed by atoms with Crippen molar-refractivity contribution < 1.29 is 44.8 Å². The van der Waals surface area contributed by atoms with Gasteiger partial charge in [0.05, 0.1) is 23.3 Å². The monoisotopic (exact) mass is 569 g/mol. The zero-order valence-corrected chi connectivity index (χ0v) is 21.1. The summed E-state index contributed by atoms with van der Waals surface area (Å²) in [5.41, 5.74) is -2.17. The number of carbonyl (C=O) groups is 1. The third kappa shape index (κ3) is 5.47. The molecular formula is C27H22F7N3O3. The number of halogens is 7. The molecule has 6 nitrogen and oxygen atoms in total. The van der Waals surface area contributed by atoms with Crippen molar-refractivity contribution in [2.24, 2.45) is 0 Å². The summed E-state index contributed by atoms with van der Waals surface area (Å²) in [6.45, 7) is 2.97. The number of aromatic nitrogens is 2. The molecule has 1 saturated heterocycles. The van der Waals surface area contributed by atoms with E-state index in [1.165, 1.54) is 42.2 Å². The third-order valence-electron chi connectivity index (χ3n) is 7.12. The lowest BCUT2D eigenvalue weighted by Crippen LogP contribution is -2.39. The van der Waals surface area contributed by atoms with Crippen LogP contribution in [0.4, 0.5) is 30.7 Å². The molecule has 2 aliphatic rings. The van der Waals surface area contributed by atoms with Crippen LogP contribution >= 0.6 is 0 Å². The normalized spacial score (nSPS) is 22.3. The number of ether oxygens (including phenoxy) is 1. The van der Waals surface area contributed by atoms with Gasteiger partial charge in [0.1, 0.15) is 5.82 Å². The largest absolute Gasteiger partial charge is 0.416 e. The first-order valence-electron chi connectivity index (χ1n) is 12.2. The first kappa shape index (κ1) is 27.8. The molecule has 40 heavy (non-hydrogen) atoms. The van der Waals surface area contributed by atoms with E-state index in [0.29, 0.717) is 29.1 Å². The Bertz CT molecular complexity index is 1410. The van der Waals surface area contributed by atoms with Gasteiger partial charge >= 0.3 is 12.4 Å². The van der Waals surface area contributed by atoms with E-state index >= 15 is 0 Å². The van der Waals surface area contributed by atoms with E-state index in [1.54, 1.807) is 6.92 Å². The van der Waals surface area contributed by atoms with Crippen molar-refractivity contribution in [2.75, 3.05) is 6.54 Å². The van der Waals surface area contributed by atoms with Gasteiger partial charge in [-0.1, -0.05) is 17.3 Å². The molecule has 2 aromatic carbocycles. The fourth-order valence-corrected chi connectivity index (χ4v) is 5.27. The minimum Gasteiger partial charge on any atom is -0.368 e. The minimum atomic E-state index is -5.01. The summed E-state index contributed by atoms with van der Waals surface area (Å²) in [6.07, 6.45) is -10.5. The molecule has 1 fully saturated rings. The molecule has 0 radical (unpaired) electrons. The van der Waals surface area contributed by atoms with Gasteiger partial charge in [0.2, 0.25) is 5.91 Å². The number of alkyl halides is 6. The Morgan fingerprint density at radius 2 is 1.65 bits per heavy atom. The van der Waals surface area contributed by atoms with Crippen LogP contribution in [0.1, 0.15) is 59.3 Å². The van der Waals surface area contributed by atoms with Crippen molar-refractivity contribution in [1.29, 1.82) is 0 Å². The predicted molar refractivity (Wildman–Crippen MR) is 126 cm³/mol. The summed E-state index contributed by atoms with van der Waals surface area (Å²) < 4.78 is 106. The summed E-state index contributed by atoms with van der Waals surface area (Å²) in [7, 11) is 0. The molecule has 3 aromatic rings. The fraction of sp³-hybridized carbons (Fsp3) is 0.370. The van der Waals surface area contributed by atoms with Crippen molar-refractivity contribution in [3.05, 3.63) is 88.3 Å². The molecule has 0 bridgehead atoms. The van der Waals surface area contributed by atoms with Gasteiger partial charge in [-0.15, -0.1) is 0 Å². The highest BCUT2D eigenvalue weighted by Gasteiger charge is 2.48. The van der Waals surface area contributed by atoms with Crippen LogP contribution in [0.25, 0.3) is 5.57 Å². The molecule has 0 N–H and O–H groups in total. The number of nitrogens with zero attached hydrogens (tertiary/aromatic N) is 3. The van der Waals surface area contributed by atoms with Gasteiger partial charge in [-0.3, -0.25) is 4.79 Å². The van der Waals surface area contributed by atoms with E-state index in [9.17, 15) is 35.5 Å². The summed E-state index contributed by atoms with van der Waals surface area (Å²) in [6, 6.07) is 6.24. The molecule has 212 valence electrons. The highest BCUT2D eigenvalue weighted by molar-refractivity contribution is 5.97. The summed E-state index contributed by atoms with van der Waals surface area (Å²) in [5, 5.41) is 3.75. The Labute approximate surface area is 223 Å². The fourth-order valence-electron chi connectivity index (χ4n) is 5.27. The second-order valence-corrected chi connectivity index (χ2v) is 9.81. The van der Waals surface area contributed by atoms with Gasteiger partial charge < -0.3 is 14.2 Å². The molecule has 4 atom stereocenters. The van der Waals surface area contributed by atoms with Gasteiger partial charge in [-0.2, -0.15) is 31.3 Å². The first-order valence-corrected chi connectivity index (χ1v) is 12.2. The molecule has 1 amide bonds. The van der Waals surface area contributed by atoms with Gasteiger partial charge in [-0.25, -0.2) is 4.39 Å². The Balaban J connectivity index is 1.49. The van der Waals surface area contributed by atoms with Gasteiger partial charge in [-0.05, 0) is 61.7 Å². The Morgan fingerprint density at radius 3 is 2.20 bits per heavy atom. The number of aryl methyl sites for hydroxylation is 1. The lowest BCUT2D eigenvalue weighted by Gasteiger charge is -2.32. The standard InChI is InChI=1S/C27H22F7N3O3/c1-13(16-7-18(26(29,30)31)11-19(8-16)27(32,33)34)39-22-12-37-21(24(22)15-3-5-20(28)6-4-15)9-17(10-23(37)38)25-35-14(2)36-40-25/h3-8,10-11,13,21-22,24H,9,12H2,1-2H3/t13-,21?,22?,24+/m1/s1. The van der Waals surface area contributed by atoms with Crippen molar-refractivity contribution in [1.82, 2.24) is 15.0 Å². The molecule has 13 heteroatoms. The van der Waals surface area contributed by atoms with E-state index in [1.807, 2.05) is 0 Å². The van der Waals surface area contributed by atoms with Crippen LogP contribution < -0.4 is 0 Å². The number of amides is 1. The number of carbonyl (C=O) groups excluding carboxylic acids is 1. The van der Waals surface area contributed by atoms with E-state index in [4.69, 9.17) is 9.26 Å². The third-order valence-corrected chi connectivity index (χ3v) is 7.12. The van der Waals surface area contributed by atoms with Crippen LogP contribution in [0.2, 0.25) is 0 Å². The van der Waals surface area contributed by atoms with Crippen molar-refractivity contribution in [3.8, 4) is 0 Å². The summed E-state index contributed by atoms with van der Waals surface area (Å²) >= 11 is 0. The maximum atomic E-state index is 13.7. The number of hydrogen-bond acceptors (Lipinski definition) is 5. The topological polar surface area (TPSA) is 68.5 Å². The van der Waals surface area contributed by atoms with Gasteiger partial charge in [0, 0.05) is 30.2 Å². The highest BCUT2D eigenvalue weighted by atomic mass is 19.4. The van der Waals surface area contributed by atoms with Gasteiger partial charge in [0.25, 0.3) is 5.89 Å². The van der Waals surface area contributed by atoms with Crippen LogP contribution in [0.15, 0.2) is 53.1 Å². The van der Waals surface area contributed by atoms with Crippen LogP contribution in [-0.4, -0.2) is 39.6 Å². The Kier molecular flexibility index (Phi) is 6.97. The summed E-state index contributed by atoms with van der Waals surface area (Å²) in [5.74, 6) is -0.972. The molecule has 5 rings (SSSR count). The highest BCUT2D eigenvalue weighted by Crippen LogP contribution is 2.45. The smallest absolute Gasteiger partial charge is 0.368 e. The maximum Gasteiger partial charge on any atom is 0.416 e. The van der Waals surface area contributed by atoms with Crippen LogP contribution in [0, 0.1) is 12.7 Å². The zero-order valence-electron chi connectivity index (χ0n) is 21.1. The molecule has 2 unspecified atom stereocenters. The molecule has 0 aliphatic carbocycles. The molecule has 2 aliphatic heterocycles. The molecular weight excluding hydrogens is 547 g/mol. The lowest BCUT2D eigenvalue weighted by atomic mass is 9.85. The van der Waals surface area contributed by atoms with Gasteiger partial charge in [0.15, 0.2) is 5.82 Å². The van der Waals surface area contributed by atoms with E-state index in [-0.39, 0.29) is 30.5 Å². The predicted octanol–water partition coefficient (Wildman–Crippen LogP) is 6.48. The molecule has 0 saturated carbocycles. The van der Waals surface area contributed by atoms with E-state index < -0.39 is 59.4 Å². The van der Waals surface area contributed by atoms with E-state index in [0.717, 1.165) is 0 Å². The Hall–Kier alpha value is -3.74. The number of benzene rings is 2. The van der Waals surface area contributed by atoms with Crippen molar-refractivity contribution >= 4 is 11.5 Å². The number of rotatable bonds is 5. The van der Waals surface area contributed by atoms with Crippen molar-refractivity contribution in [2.45, 2.75) is 56.8 Å². The van der Waals surface area contributed by atoms with E-state index in [2.05, 4.69) is 10.1 Å². The second kappa shape index (κ2) is 10.0. The number of fused-ring (bicyclic) bond motifs is 1.